The molecule has 1 heterocycles. The second-order valence-electron chi connectivity index (χ2n) is 6.80. The van der Waals surface area contributed by atoms with Crippen molar-refractivity contribution >= 4 is 27.2 Å². The lowest BCUT2D eigenvalue weighted by atomic mass is 10.1. The highest BCUT2D eigenvalue weighted by Gasteiger charge is 2.20. The van der Waals surface area contributed by atoms with Crippen molar-refractivity contribution in [1.82, 2.24) is 4.90 Å². The zero-order chi connectivity index (χ0) is 20.1. The lowest BCUT2D eigenvalue weighted by Gasteiger charge is -2.35. The van der Waals surface area contributed by atoms with E-state index in [1.54, 1.807) is 36.4 Å². The Morgan fingerprint density at radius 2 is 1.61 bits per heavy atom. The van der Waals surface area contributed by atoms with Crippen molar-refractivity contribution in [2.75, 3.05) is 48.6 Å². The number of benzene rings is 1. The molecule has 1 aliphatic rings. The average molecular weight is 401 g/mol. The second kappa shape index (κ2) is 8.53. The third-order valence-corrected chi connectivity index (χ3v) is 5.17. The maximum atomic E-state index is 12.5. The van der Waals surface area contributed by atoms with E-state index in [0.717, 1.165) is 6.26 Å². The molecule has 1 aliphatic heterocycles. The molecule has 2 aromatic rings. The molecule has 8 heteroatoms. The van der Waals surface area contributed by atoms with Crippen molar-refractivity contribution < 1.29 is 13.2 Å². The zero-order valence-electron chi connectivity index (χ0n) is 15.7. The van der Waals surface area contributed by atoms with E-state index in [0.29, 0.717) is 49.7 Å². The van der Waals surface area contributed by atoms with Gasteiger partial charge in [-0.3, -0.25) is 19.2 Å². The van der Waals surface area contributed by atoms with E-state index in [-0.39, 0.29) is 11.2 Å². The number of ketones is 1. The van der Waals surface area contributed by atoms with Crippen LogP contribution in [0.25, 0.3) is 0 Å². The first-order chi connectivity index (χ1) is 13.3. The van der Waals surface area contributed by atoms with Crippen molar-refractivity contribution in [1.29, 1.82) is 0 Å². The monoisotopic (exact) mass is 401 g/mol. The number of piperazine rings is 1. The number of sulfonamides is 1. The van der Waals surface area contributed by atoms with Gasteiger partial charge in [0, 0.05) is 37.4 Å². The first kappa shape index (κ1) is 20.0. The van der Waals surface area contributed by atoms with E-state index in [4.69, 9.17) is 0 Å². The number of nitrogens with zero attached hydrogens (tertiary/aromatic N) is 2. The van der Waals surface area contributed by atoms with Crippen LogP contribution in [0.5, 0.6) is 0 Å². The summed E-state index contributed by atoms with van der Waals surface area (Å²) in [5, 5.41) is 0. The highest BCUT2D eigenvalue weighted by molar-refractivity contribution is 7.92. The van der Waals surface area contributed by atoms with E-state index < -0.39 is 10.0 Å². The summed E-state index contributed by atoms with van der Waals surface area (Å²) in [6, 6.07) is 15.2. The Labute approximate surface area is 164 Å². The van der Waals surface area contributed by atoms with Gasteiger partial charge in [-0.05, 0) is 36.4 Å². The van der Waals surface area contributed by atoms with Gasteiger partial charge in [0.1, 0.15) is 0 Å². The molecule has 1 N–H and O–H groups in total. The molecular weight excluding hydrogens is 378 g/mol. The van der Waals surface area contributed by atoms with Crippen molar-refractivity contribution in [2.45, 2.75) is 0 Å². The fourth-order valence-electron chi connectivity index (χ4n) is 3.16. The fraction of sp³-hybridized carbons (Fsp3) is 0.300. The van der Waals surface area contributed by atoms with Crippen LogP contribution in [0.15, 0.2) is 59.4 Å². The van der Waals surface area contributed by atoms with Crippen LogP contribution in [0, 0.1) is 0 Å². The number of nitrogens with one attached hydrogen (secondary N) is 1. The Hall–Kier alpha value is -2.71. The van der Waals surface area contributed by atoms with Crippen LogP contribution >= 0.6 is 0 Å². The average Bonchev–Trinajstić information content (AvgIpc) is 2.86. The van der Waals surface area contributed by atoms with Gasteiger partial charge in [0.25, 0.3) is 0 Å². The number of hydrogen-bond donors (Lipinski definition) is 1. The van der Waals surface area contributed by atoms with E-state index in [1.165, 1.54) is 0 Å². The molecule has 0 radical (unpaired) electrons. The summed E-state index contributed by atoms with van der Waals surface area (Å²) in [4.78, 5) is 28.8. The van der Waals surface area contributed by atoms with Gasteiger partial charge < -0.3 is 4.90 Å². The Morgan fingerprint density at radius 1 is 0.964 bits per heavy atom. The van der Waals surface area contributed by atoms with Crippen molar-refractivity contribution in [3.05, 3.63) is 70.4 Å². The van der Waals surface area contributed by atoms with Gasteiger partial charge in [0.2, 0.25) is 15.5 Å². The Balaban J connectivity index is 1.56. The normalized spacial score (nSPS) is 15.2. The predicted octanol–water partition coefficient (Wildman–Crippen LogP) is 1.42. The molecule has 0 unspecified atom stereocenters. The van der Waals surface area contributed by atoms with Gasteiger partial charge in [-0.25, -0.2) is 8.42 Å². The Morgan fingerprint density at radius 3 is 2.25 bits per heavy atom. The van der Waals surface area contributed by atoms with E-state index in [2.05, 4.69) is 14.5 Å². The van der Waals surface area contributed by atoms with Crippen LogP contribution in [0.4, 0.5) is 11.4 Å². The van der Waals surface area contributed by atoms with Gasteiger partial charge in [0.05, 0.1) is 18.5 Å². The van der Waals surface area contributed by atoms with Crippen LogP contribution in [0.1, 0.15) is 10.4 Å². The standard InChI is InChI=1S/C20H23N3O4S/c1-28(26,27)21-17-9-7-16(8-10-17)20(25)15-22-11-13-23(14-12-22)18-5-3-2-4-6-19(18)24/h2-10,21H,11-15H2,1H3. The third-order valence-electron chi connectivity index (χ3n) is 4.57. The summed E-state index contributed by atoms with van der Waals surface area (Å²) in [5.41, 5.74) is 1.65. The third kappa shape index (κ3) is 5.40. The number of rotatable bonds is 6. The van der Waals surface area contributed by atoms with Crippen LogP contribution in [-0.2, 0) is 10.0 Å². The first-order valence-electron chi connectivity index (χ1n) is 8.99. The summed E-state index contributed by atoms with van der Waals surface area (Å²) in [5.74, 6) is -0.0185. The molecule has 0 aliphatic carbocycles. The Bertz CT molecular complexity index is 998. The van der Waals surface area contributed by atoms with E-state index in [1.807, 2.05) is 18.2 Å². The molecule has 7 nitrogen and oxygen atoms in total. The second-order valence-corrected chi connectivity index (χ2v) is 8.55. The summed E-state index contributed by atoms with van der Waals surface area (Å²) >= 11 is 0. The zero-order valence-corrected chi connectivity index (χ0v) is 16.5. The molecule has 2 aromatic carbocycles. The number of carbonyl (C=O) groups excluding carboxylic acids is 1. The molecule has 28 heavy (non-hydrogen) atoms. The molecule has 0 amide bonds. The lowest BCUT2D eigenvalue weighted by molar-refractivity contribution is 0.0926. The first-order valence-corrected chi connectivity index (χ1v) is 10.9. The van der Waals surface area contributed by atoms with Crippen LogP contribution < -0.4 is 15.1 Å². The molecule has 1 fully saturated rings. The summed E-state index contributed by atoms with van der Waals surface area (Å²) < 4.78 is 24.9. The fourth-order valence-corrected chi connectivity index (χ4v) is 3.73. The SMILES string of the molecule is CS(=O)(=O)Nc1ccc(C(=O)CN2CCN(c3cccccc3=O)CC2)cc1. The van der Waals surface area contributed by atoms with Gasteiger partial charge in [0.15, 0.2) is 5.78 Å². The molecule has 0 bridgehead atoms. The van der Waals surface area contributed by atoms with Crippen LogP contribution in [-0.4, -0.2) is 58.1 Å². The minimum atomic E-state index is -3.34. The smallest absolute Gasteiger partial charge is 0.229 e. The highest BCUT2D eigenvalue weighted by Crippen LogP contribution is 2.14. The molecular formula is C20H23N3O4S. The largest absolute Gasteiger partial charge is 0.366 e. The predicted molar refractivity (Wildman–Crippen MR) is 111 cm³/mol. The lowest BCUT2D eigenvalue weighted by Crippen LogP contribution is -2.48. The number of Topliss-reactive ketones (excluding diaryl/α,β-unsaturated/α-hetero) is 1. The molecule has 0 aromatic heterocycles. The van der Waals surface area contributed by atoms with Gasteiger partial charge in [-0.1, -0.05) is 18.2 Å². The minimum absolute atomic E-state index is 0.00248. The molecule has 0 atom stereocenters. The van der Waals surface area contributed by atoms with Crippen LogP contribution in [0.3, 0.4) is 0 Å². The number of anilines is 2. The van der Waals surface area contributed by atoms with Crippen molar-refractivity contribution in [3.8, 4) is 0 Å². The van der Waals surface area contributed by atoms with E-state index >= 15 is 0 Å². The summed E-state index contributed by atoms with van der Waals surface area (Å²) in [6.07, 6.45) is 1.08. The molecule has 0 saturated carbocycles. The van der Waals surface area contributed by atoms with E-state index in [9.17, 15) is 18.0 Å². The minimum Gasteiger partial charge on any atom is -0.366 e. The van der Waals surface area contributed by atoms with Gasteiger partial charge >= 0.3 is 0 Å². The highest BCUT2D eigenvalue weighted by atomic mass is 32.2. The maximum Gasteiger partial charge on any atom is 0.229 e. The number of carbonyl (C=O) groups is 1. The molecule has 1 saturated heterocycles. The van der Waals surface area contributed by atoms with Crippen molar-refractivity contribution in [3.63, 3.8) is 0 Å². The molecule has 3 rings (SSSR count). The van der Waals surface area contributed by atoms with Gasteiger partial charge in [-0.15, -0.1) is 0 Å². The quantitative estimate of drug-likeness (QED) is 0.737. The summed E-state index contributed by atoms with van der Waals surface area (Å²) in [6.45, 7) is 3.04. The summed E-state index contributed by atoms with van der Waals surface area (Å²) in [7, 11) is -3.34. The maximum absolute atomic E-state index is 12.5. The van der Waals surface area contributed by atoms with Gasteiger partial charge in [-0.2, -0.15) is 0 Å². The Kier molecular flexibility index (Phi) is 6.11. The van der Waals surface area contributed by atoms with Crippen LogP contribution in [0.2, 0.25) is 0 Å². The molecule has 148 valence electrons. The van der Waals surface area contributed by atoms with Crippen molar-refractivity contribution in [2.24, 2.45) is 0 Å². The molecule has 0 spiro atoms. The number of hydrogen-bond acceptors (Lipinski definition) is 6. The topological polar surface area (TPSA) is 86.8 Å².